The standard InChI is InChI=1S/C8H7F11O3/c9-4(6(12,13)14,7(15,16)17)5(10,11)8(18,19)22-2-3(21)1-20/h3,20-21H,1-2H2. The molecule has 0 aliphatic carbocycles. The maximum absolute atomic E-state index is 13.0. The van der Waals surface area contributed by atoms with Crippen molar-refractivity contribution in [2.24, 2.45) is 0 Å². The van der Waals surface area contributed by atoms with E-state index in [0.717, 1.165) is 0 Å². The predicted octanol–water partition coefficient (Wildman–Crippen LogP) is 2.42. The molecule has 0 bridgehead atoms. The van der Waals surface area contributed by atoms with Crippen LogP contribution in [0.1, 0.15) is 0 Å². The van der Waals surface area contributed by atoms with Crippen LogP contribution in [0.15, 0.2) is 0 Å². The van der Waals surface area contributed by atoms with Gasteiger partial charge in [0.15, 0.2) is 0 Å². The van der Waals surface area contributed by atoms with Gasteiger partial charge in [-0.15, -0.1) is 0 Å². The van der Waals surface area contributed by atoms with Gasteiger partial charge in [-0.05, 0) is 0 Å². The molecule has 0 rings (SSSR count). The highest BCUT2D eigenvalue weighted by Gasteiger charge is 2.90. The van der Waals surface area contributed by atoms with Crippen LogP contribution in [-0.4, -0.2) is 59.6 Å². The van der Waals surface area contributed by atoms with Crippen molar-refractivity contribution in [3.05, 3.63) is 0 Å². The molecule has 0 spiro atoms. The topological polar surface area (TPSA) is 49.7 Å². The lowest BCUT2D eigenvalue weighted by atomic mass is 9.95. The van der Waals surface area contributed by atoms with Crippen LogP contribution in [0, 0.1) is 0 Å². The molecular weight excluding hydrogens is 353 g/mol. The number of halogens is 11. The van der Waals surface area contributed by atoms with Crippen molar-refractivity contribution in [3.63, 3.8) is 0 Å². The summed E-state index contributed by atoms with van der Waals surface area (Å²) in [6, 6.07) is 0. The van der Waals surface area contributed by atoms with Crippen molar-refractivity contribution < 1.29 is 63.2 Å². The van der Waals surface area contributed by atoms with Gasteiger partial charge in [0.2, 0.25) is 0 Å². The summed E-state index contributed by atoms with van der Waals surface area (Å²) in [5.41, 5.74) is -7.61. The van der Waals surface area contributed by atoms with E-state index in [0.29, 0.717) is 0 Å². The molecule has 0 aliphatic heterocycles. The lowest BCUT2D eigenvalue weighted by molar-refractivity contribution is -0.463. The minimum absolute atomic E-state index is 1.39. The Balaban J connectivity index is 5.82. The molecule has 0 aliphatic rings. The fourth-order valence-corrected chi connectivity index (χ4v) is 1.06. The zero-order valence-electron chi connectivity index (χ0n) is 9.95. The molecule has 0 radical (unpaired) electrons. The molecule has 14 heteroatoms. The van der Waals surface area contributed by atoms with E-state index in [1.165, 1.54) is 0 Å². The normalized spacial score (nSPS) is 16.8. The highest BCUT2D eigenvalue weighted by atomic mass is 19.4. The van der Waals surface area contributed by atoms with E-state index >= 15 is 0 Å². The molecule has 0 aromatic rings. The van der Waals surface area contributed by atoms with E-state index in [4.69, 9.17) is 10.2 Å². The molecule has 3 nitrogen and oxygen atoms in total. The third-order valence-corrected chi connectivity index (χ3v) is 2.25. The fraction of sp³-hybridized carbons (Fsp3) is 1.00. The number of alkyl halides is 11. The molecule has 0 saturated heterocycles. The van der Waals surface area contributed by atoms with Crippen LogP contribution in [0.25, 0.3) is 0 Å². The number of hydrogen-bond acceptors (Lipinski definition) is 3. The predicted molar refractivity (Wildman–Crippen MR) is 44.9 cm³/mol. The Morgan fingerprint density at radius 1 is 0.773 bits per heavy atom. The first-order valence-corrected chi connectivity index (χ1v) is 4.96. The van der Waals surface area contributed by atoms with Crippen LogP contribution in [0.5, 0.6) is 0 Å². The molecule has 2 N–H and O–H groups in total. The Kier molecular flexibility index (Phi) is 5.72. The Morgan fingerprint density at radius 3 is 1.41 bits per heavy atom. The van der Waals surface area contributed by atoms with Crippen LogP contribution in [0.2, 0.25) is 0 Å². The quantitative estimate of drug-likeness (QED) is 0.716. The second-order valence-electron chi connectivity index (χ2n) is 3.89. The van der Waals surface area contributed by atoms with Gasteiger partial charge >= 0.3 is 30.1 Å². The molecule has 0 heterocycles. The van der Waals surface area contributed by atoms with Gasteiger partial charge in [0.25, 0.3) is 0 Å². The summed E-state index contributed by atoms with van der Waals surface area (Å²) in [6.45, 7) is -3.37. The molecule has 0 saturated carbocycles. The van der Waals surface area contributed by atoms with Gasteiger partial charge in [0.1, 0.15) is 6.10 Å². The van der Waals surface area contributed by atoms with Gasteiger partial charge in [-0.25, -0.2) is 4.39 Å². The van der Waals surface area contributed by atoms with E-state index in [1.54, 1.807) is 0 Å². The summed E-state index contributed by atoms with van der Waals surface area (Å²) >= 11 is 0. The number of hydrogen-bond donors (Lipinski definition) is 2. The van der Waals surface area contributed by atoms with Crippen LogP contribution in [-0.2, 0) is 4.74 Å². The van der Waals surface area contributed by atoms with Crippen molar-refractivity contribution in [1.29, 1.82) is 0 Å². The molecule has 22 heavy (non-hydrogen) atoms. The van der Waals surface area contributed by atoms with Gasteiger partial charge in [0.05, 0.1) is 13.2 Å². The summed E-state index contributed by atoms with van der Waals surface area (Å²) in [6.07, 6.45) is -23.8. The van der Waals surface area contributed by atoms with E-state index < -0.39 is 49.4 Å². The molecule has 134 valence electrons. The molecule has 1 unspecified atom stereocenters. The van der Waals surface area contributed by atoms with Crippen LogP contribution in [0.3, 0.4) is 0 Å². The smallest absolute Gasteiger partial charge is 0.394 e. The molecule has 0 fully saturated rings. The molecule has 0 aromatic carbocycles. The number of ether oxygens (including phenoxy) is 1. The Bertz CT molecular complexity index is 361. The van der Waals surface area contributed by atoms with Crippen molar-refractivity contribution in [2.75, 3.05) is 13.2 Å². The maximum Gasteiger partial charge on any atom is 0.438 e. The van der Waals surface area contributed by atoms with Gasteiger partial charge in [0, 0.05) is 0 Å². The molecule has 1 atom stereocenters. The van der Waals surface area contributed by atoms with Gasteiger partial charge in [-0.3, -0.25) is 0 Å². The van der Waals surface area contributed by atoms with Crippen molar-refractivity contribution in [2.45, 2.75) is 36.2 Å². The highest BCUT2D eigenvalue weighted by Crippen LogP contribution is 2.59. The molecular formula is C8H7F11O3. The Morgan fingerprint density at radius 2 is 1.14 bits per heavy atom. The average molecular weight is 360 g/mol. The second-order valence-corrected chi connectivity index (χ2v) is 3.89. The lowest BCUT2D eigenvalue weighted by Gasteiger charge is -2.39. The summed E-state index contributed by atoms with van der Waals surface area (Å²) in [7, 11) is 0. The minimum Gasteiger partial charge on any atom is -0.394 e. The largest absolute Gasteiger partial charge is 0.438 e. The number of aliphatic hydroxyl groups is 2. The van der Waals surface area contributed by atoms with Crippen molar-refractivity contribution in [3.8, 4) is 0 Å². The fourth-order valence-electron chi connectivity index (χ4n) is 1.06. The first-order valence-electron chi connectivity index (χ1n) is 4.96. The zero-order chi connectivity index (χ0) is 18.2. The second kappa shape index (κ2) is 5.96. The van der Waals surface area contributed by atoms with E-state index in [2.05, 4.69) is 4.74 Å². The maximum atomic E-state index is 13.0. The third-order valence-electron chi connectivity index (χ3n) is 2.25. The van der Waals surface area contributed by atoms with E-state index in [1.807, 2.05) is 0 Å². The summed E-state index contributed by atoms with van der Waals surface area (Å²) < 4.78 is 140. The average Bonchev–Trinajstić information content (AvgIpc) is 2.31. The summed E-state index contributed by atoms with van der Waals surface area (Å²) in [5.74, 6) is -7.41. The number of aliphatic hydroxyl groups excluding tert-OH is 2. The van der Waals surface area contributed by atoms with Gasteiger partial charge in [-0.1, -0.05) is 0 Å². The van der Waals surface area contributed by atoms with Crippen LogP contribution in [0.4, 0.5) is 48.3 Å². The third kappa shape index (κ3) is 3.37. The van der Waals surface area contributed by atoms with Crippen LogP contribution >= 0.6 is 0 Å². The Labute approximate surface area is 114 Å². The SMILES string of the molecule is OCC(O)COC(F)(F)C(F)(F)C(F)(C(F)(F)F)C(F)(F)F. The van der Waals surface area contributed by atoms with Gasteiger partial charge in [-0.2, -0.15) is 43.9 Å². The van der Waals surface area contributed by atoms with Crippen LogP contribution < -0.4 is 0 Å². The summed E-state index contributed by atoms with van der Waals surface area (Å²) in [5, 5.41) is 16.7. The first kappa shape index (κ1) is 21.1. The van der Waals surface area contributed by atoms with Crippen molar-refractivity contribution in [1.82, 2.24) is 0 Å². The first-order chi connectivity index (χ1) is 9.45. The minimum atomic E-state index is -7.61. The van der Waals surface area contributed by atoms with Gasteiger partial charge < -0.3 is 14.9 Å². The van der Waals surface area contributed by atoms with Crippen molar-refractivity contribution >= 4 is 0 Å². The monoisotopic (exact) mass is 360 g/mol. The Hall–Kier alpha value is -0.890. The highest BCUT2D eigenvalue weighted by molar-refractivity contribution is 5.08. The molecule has 0 amide bonds. The zero-order valence-corrected chi connectivity index (χ0v) is 9.95. The summed E-state index contributed by atoms with van der Waals surface area (Å²) in [4.78, 5) is 0. The van der Waals surface area contributed by atoms with E-state index in [-0.39, 0.29) is 0 Å². The molecule has 0 aromatic heterocycles. The number of rotatable bonds is 6. The lowest BCUT2D eigenvalue weighted by Crippen LogP contribution is -2.70. The van der Waals surface area contributed by atoms with E-state index in [9.17, 15) is 48.3 Å².